The Labute approximate surface area is 227 Å². The molecule has 0 N–H and O–H groups in total. The fourth-order valence-electron chi connectivity index (χ4n) is 7.16. The predicted molar refractivity (Wildman–Crippen MR) is 143 cm³/mol. The first-order valence-electron chi connectivity index (χ1n) is 13.7. The van der Waals surface area contributed by atoms with Gasteiger partial charge in [-0.25, -0.2) is 14.7 Å². The van der Waals surface area contributed by atoms with Gasteiger partial charge in [0.2, 0.25) is 17.7 Å². The highest BCUT2D eigenvalue weighted by Crippen LogP contribution is 2.57. The number of aliphatic imine (C=N–C) groups is 1. The van der Waals surface area contributed by atoms with Crippen molar-refractivity contribution < 1.29 is 23.9 Å². The molecule has 2 aromatic rings. The second-order valence-corrected chi connectivity index (χ2v) is 10.6. The van der Waals surface area contributed by atoms with E-state index < -0.39 is 35.3 Å². The molecule has 39 heavy (non-hydrogen) atoms. The van der Waals surface area contributed by atoms with Crippen molar-refractivity contribution in [3.05, 3.63) is 82.9 Å². The number of likely N-dealkylation sites (tertiary alicyclic amines) is 1. The third kappa shape index (κ3) is 3.68. The molecule has 1 saturated carbocycles. The monoisotopic (exact) mass is 525 g/mol. The highest BCUT2D eigenvalue weighted by Gasteiger charge is 2.70. The van der Waals surface area contributed by atoms with Crippen molar-refractivity contribution in [1.82, 2.24) is 9.80 Å². The lowest BCUT2D eigenvalue weighted by Gasteiger charge is -2.50. The van der Waals surface area contributed by atoms with Gasteiger partial charge in [-0.2, -0.15) is 0 Å². The molecule has 3 aliphatic heterocycles. The Morgan fingerprint density at radius 1 is 0.923 bits per heavy atom. The summed E-state index contributed by atoms with van der Waals surface area (Å²) in [4.78, 5) is 62.2. The average Bonchev–Trinajstić information content (AvgIpc) is 3.38. The Bertz CT molecular complexity index is 1420. The molecule has 0 bridgehead atoms. The molecule has 0 radical (unpaired) electrons. The third-order valence-corrected chi connectivity index (χ3v) is 8.76. The summed E-state index contributed by atoms with van der Waals surface area (Å²) in [6.07, 6.45) is 0.895. The number of carbonyl (C=O) groups is 4. The van der Waals surface area contributed by atoms with Gasteiger partial charge in [0.25, 0.3) is 5.91 Å². The van der Waals surface area contributed by atoms with Crippen molar-refractivity contribution in [3.8, 4) is 0 Å². The minimum absolute atomic E-state index is 0.141. The zero-order chi connectivity index (χ0) is 27.3. The molecule has 0 spiro atoms. The van der Waals surface area contributed by atoms with E-state index in [9.17, 15) is 19.2 Å². The Kier molecular flexibility index (Phi) is 6.20. The number of ether oxygens (including phenoxy) is 1. The second kappa shape index (κ2) is 9.59. The molecule has 6 rings (SSSR count). The van der Waals surface area contributed by atoms with Crippen LogP contribution in [0.5, 0.6) is 0 Å². The van der Waals surface area contributed by atoms with E-state index in [1.54, 1.807) is 6.92 Å². The fourth-order valence-corrected chi connectivity index (χ4v) is 7.16. The molecule has 0 aromatic heterocycles. The molecule has 2 saturated heterocycles. The van der Waals surface area contributed by atoms with E-state index in [2.05, 4.69) is 0 Å². The standard InChI is InChI=1S/C31H31N3O5/c1-3-21-22-15-16-23-24(28(37)33(4-2)26(23)35)25(22)31(17-19-11-7-5-8-12-19)29(39-30(38)34(31)27(21)36)32-18-20-13-9-6-10-14-20/h5-14,23-25H,3-4,15-18H2,1-2H3/t23?,24?,25?,31-/m0/s1. The quantitative estimate of drug-likeness (QED) is 0.524. The second-order valence-electron chi connectivity index (χ2n) is 10.6. The van der Waals surface area contributed by atoms with Gasteiger partial charge in [0.05, 0.1) is 18.4 Å². The molecule has 4 amide bonds. The van der Waals surface area contributed by atoms with Crippen LogP contribution in [0.1, 0.15) is 44.2 Å². The lowest BCUT2D eigenvalue weighted by atomic mass is 9.58. The number of cyclic esters (lactones) is 1. The number of amides is 4. The SMILES string of the molecule is CCC1=C2CCC3C(=O)N(CC)C(=O)C3C2[C@@]2(Cc3ccccc3)C(=NCc3ccccc3)OC(=O)N2C1=O. The average molecular weight is 526 g/mol. The normalized spacial score (nSPS) is 29.1. The van der Waals surface area contributed by atoms with Crippen LogP contribution in [0.25, 0.3) is 0 Å². The first-order chi connectivity index (χ1) is 18.9. The van der Waals surface area contributed by atoms with Crippen molar-refractivity contribution in [2.45, 2.75) is 51.6 Å². The summed E-state index contributed by atoms with van der Waals surface area (Å²) >= 11 is 0. The number of fused-ring (bicyclic) bond motifs is 5. The zero-order valence-electron chi connectivity index (χ0n) is 22.1. The maximum Gasteiger partial charge on any atom is 0.424 e. The topological polar surface area (TPSA) is 96.3 Å². The molecular formula is C31H31N3O5. The van der Waals surface area contributed by atoms with Crippen LogP contribution in [-0.4, -0.2) is 51.6 Å². The molecule has 8 heteroatoms. The van der Waals surface area contributed by atoms with Crippen molar-refractivity contribution in [2.75, 3.05) is 6.54 Å². The first kappa shape index (κ1) is 25.2. The molecule has 4 aliphatic rings. The molecule has 8 nitrogen and oxygen atoms in total. The minimum atomic E-state index is -1.35. The van der Waals surface area contributed by atoms with E-state index >= 15 is 0 Å². The molecule has 1 aliphatic carbocycles. The highest BCUT2D eigenvalue weighted by atomic mass is 16.6. The summed E-state index contributed by atoms with van der Waals surface area (Å²) in [6, 6.07) is 19.2. The molecule has 3 fully saturated rings. The zero-order valence-corrected chi connectivity index (χ0v) is 22.1. The van der Waals surface area contributed by atoms with Gasteiger partial charge in [-0.05, 0) is 37.3 Å². The summed E-state index contributed by atoms with van der Waals surface area (Å²) in [5.41, 5.74) is 1.86. The van der Waals surface area contributed by atoms with Gasteiger partial charge in [0, 0.05) is 24.5 Å². The maximum atomic E-state index is 14.0. The number of carbonyl (C=O) groups excluding carboxylic acids is 4. The van der Waals surface area contributed by atoms with Crippen LogP contribution in [0.2, 0.25) is 0 Å². The van der Waals surface area contributed by atoms with Crippen LogP contribution in [0, 0.1) is 17.8 Å². The first-order valence-corrected chi connectivity index (χ1v) is 13.7. The largest absolute Gasteiger partial charge is 0.424 e. The van der Waals surface area contributed by atoms with E-state index in [0.29, 0.717) is 24.8 Å². The predicted octanol–water partition coefficient (Wildman–Crippen LogP) is 4.30. The smallest absolute Gasteiger partial charge is 0.393 e. The summed E-state index contributed by atoms with van der Waals surface area (Å²) in [7, 11) is 0. The van der Waals surface area contributed by atoms with Gasteiger partial charge in [0.1, 0.15) is 5.54 Å². The lowest BCUT2D eigenvalue weighted by molar-refractivity contribution is -0.141. The summed E-state index contributed by atoms with van der Waals surface area (Å²) in [5, 5.41) is 0. The fraction of sp³-hybridized carbons (Fsp3) is 0.387. The number of nitrogens with zero attached hydrogens (tertiary/aromatic N) is 3. The minimum Gasteiger partial charge on any atom is -0.393 e. The number of rotatable bonds is 6. The van der Waals surface area contributed by atoms with Crippen molar-refractivity contribution >= 4 is 29.7 Å². The van der Waals surface area contributed by atoms with Gasteiger partial charge in [-0.1, -0.05) is 73.2 Å². The van der Waals surface area contributed by atoms with Crippen molar-refractivity contribution in [3.63, 3.8) is 0 Å². The van der Waals surface area contributed by atoms with Gasteiger partial charge < -0.3 is 4.74 Å². The van der Waals surface area contributed by atoms with E-state index in [1.165, 1.54) is 9.80 Å². The van der Waals surface area contributed by atoms with Crippen LogP contribution in [0.15, 0.2) is 76.8 Å². The van der Waals surface area contributed by atoms with E-state index in [1.807, 2.05) is 67.6 Å². The van der Waals surface area contributed by atoms with Crippen LogP contribution >= 0.6 is 0 Å². The van der Waals surface area contributed by atoms with E-state index in [-0.39, 0.29) is 37.2 Å². The highest BCUT2D eigenvalue weighted by molar-refractivity contribution is 6.17. The number of hydrogen-bond donors (Lipinski definition) is 0. The lowest BCUT2D eigenvalue weighted by Crippen LogP contribution is -2.65. The van der Waals surface area contributed by atoms with Crippen LogP contribution in [-0.2, 0) is 32.1 Å². The Morgan fingerprint density at radius 2 is 1.59 bits per heavy atom. The van der Waals surface area contributed by atoms with Gasteiger partial charge in [-0.15, -0.1) is 0 Å². The van der Waals surface area contributed by atoms with Gasteiger partial charge in [-0.3, -0.25) is 19.3 Å². The summed E-state index contributed by atoms with van der Waals surface area (Å²) in [5.74, 6) is -2.46. The number of hydrogen-bond acceptors (Lipinski definition) is 6. The van der Waals surface area contributed by atoms with Crippen LogP contribution < -0.4 is 0 Å². The summed E-state index contributed by atoms with van der Waals surface area (Å²) < 4.78 is 5.86. The third-order valence-electron chi connectivity index (χ3n) is 8.76. The molecule has 3 unspecified atom stereocenters. The van der Waals surface area contributed by atoms with E-state index in [0.717, 1.165) is 16.7 Å². The van der Waals surface area contributed by atoms with E-state index in [4.69, 9.17) is 9.73 Å². The molecule has 4 atom stereocenters. The number of imide groups is 2. The van der Waals surface area contributed by atoms with Crippen molar-refractivity contribution in [1.29, 1.82) is 0 Å². The Balaban J connectivity index is 1.60. The molecular weight excluding hydrogens is 494 g/mol. The van der Waals surface area contributed by atoms with Crippen LogP contribution in [0.4, 0.5) is 4.79 Å². The maximum absolute atomic E-state index is 14.0. The number of benzene rings is 2. The molecule has 2 aromatic carbocycles. The molecule has 3 heterocycles. The van der Waals surface area contributed by atoms with Gasteiger partial charge in [0.15, 0.2) is 0 Å². The Morgan fingerprint density at radius 3 is 2.23 bits per heavy atom. The van der Waals surface area contributed by atoms with Crippen molar-refractivity contribution in [2.24, 2.45) is 22.7 Å². The van der Waals surface area contributed by atoms with Crippen LogP contribution in [0.3, 0.4) is 0 Å². The summed E-state index contributed by atoms with van der Waals surface area (Å²) in [6.45, 7) is 4.22. The van der Waals surface area contributed by atoms with Gasteiger partial charge >= 0.3 is 6.09 Å². The molecule has 200 valence electrons. The Hall–Kier alpha value is -4.07.